The predicted molar refractivity (Wildman–Crippen MR) is 75.8 cm³/mol. The second-order valence-electron chi connectivity index (χ2n) is 6.63. The van der Waals surface area contributed by atoms with Crippen molar-refractivity contribution in [2.24, 2.45) is 11.3 Å². The highest BCUT2D eigenvalue weighted by atomic mass is 16.5. The van der Waals surface area contributed by atoms with Crippen LogP contribution >= 0.6 is 0 Å². The van der Waals surface area contributed by atoms with Crippen LogP contribution in [0.2, 0.25) is 0 Å². The fourth-order valence-electron chi connectivity index (χ4n) is 3.33. The van der Waals surface area contributed by atoms with Crippen molar-refractivity contribution in [1.82, 2.24) is 10.6 Å². The van der Waals surface area contributed by atoms with Gasteiger partial charge in [-0.05, 0) is 37.1 Å². The molecule has 0 amide bonds. The lowest BCUT2D eigenvalue weighted by molar-refractivity contribution is 0.0233. The van der Waals surface area contributed by atoms with Crippen LogP contribution in [0.25, 0.3) is 0 Å². The molecule has 1 atom stereocenters. The van der Waals surface area contributed by atoms with Crippen molar-refractivity contribution in [1.29, 1.82) is 0 Å². The van der Waals surface area contributed by atoms with Gasteiger partial charge >= 0.3 is 0 Å². The van der Waals surface area contributed by atoms with Crippen LogP contribution in [0.15, 0.2) is 0 Å². The normalized spacial score (nSPS) is 26.7. The molecule has 106 valence electrons. The summed E-state index contributed by atoms with van der Waals surface area (Å²) in [5.41, 5.74) is 0.460. The lowest BCUT2D eigenvalue weighted by Crippen LogP contribution is -2.41. The summed E-state index contributed by atoms with van der Waals surface area (Å²) in [6.07, 6.45) is 7.30. The molecule has 18 heavy (non-hydrogen) atoms. The van der Waals surface area contributed by atoms with E-state index in [0.29, 0.717) is 11.5 Å². The predicted octanol–water partition coefficient (Wildman–Crippen LogP) is 2.17. The minimum absolute atomic E-state index is 0.417. The van der Waals surface area contributed by atoms with Crippen molar-refractivity contribution >= 4 is 0 Å². The first-order chi connectivity index (χ1) is 8.68. The summed E-state index contributed by atoms with van der Waals surface area (Å²) < 4.78 is 5.71. The van der Waals surface area contributed by atoms with Crippen LogP contribution in [0.4, 0.5) is 0 Å². The Kier molecular flexibility index (Phi) is 5.46. The first-order valence-corrected chi connectivity index (χ1v) is 7.71. The Bertz CT molecular complexity index is 231. The molecule has 2 N–H and O–H groups in total. The smallest absolute Gasteiger partial charge is 0.0712 e. The van der Waals surface area contributed by atoms with E-state index in [1.165, 1.54) is 25.7 Å². The van der Waals surface area contributed by atoms with Gasteiger partial charge in [-0.2, -0.15) is 0 Å². The molecule has 0 aromatic rings. The van der Waals surface area contributed by atoms with Crippen molar-refractivity contribution < 1.29 is 4.74 Å². The lowest BCUT2D eigenvalue weighted by atomic mass is 9.78. The van der Waals surface area contributed by atoms with E-state index >= 15 is 0 Å². The number of hydrogen-bond donors (Lipinski definition) is 2. The molecule has 2 rings (SSSR count). The average molecular weight is 254 g/mol. The second-order valence-corrected chi connectivity index (χ2v) is 6.63. The van der Waals surface area contributed by atoms with Gasteiger partial charge in [0.25, 0.3) is 0 Å². The van der Waals surface area contributed by atoms with Crippen molar-refractivity contribution in [2.75, 3.05) is 32.8 Å². The Morgan fingerprint density at radius 1 is 1.28 bits per heavy atom. The highest BCUT2D eigenvalue weighted by molar-refractivity contribution is 4.84. The van der Waals surface area contributed by atoms with E-state index < -0.39 is 0 Å². The molecule has 1 heterocycles. The van der Waals surface area contributed by atoms with E-state index in [9.17, 15) is 0 Å². The van der Waals surface area contributed by atoms with Crippen molar-refractivity contribution in [2.45, 2.75) is 52.1 Å². The Hall–Kier alpha value is -0.120. The fraction of sp³-hybridized carbons (Fsp3) is 1.00. The molecule has 2 aliphatic rings. The third-order valence-electron chi connectivity index (χ3n) is 4.69. The van der Waals surface area contributed by atoms with Gasteiger partial charge in [-0.15, -0.1) is 0 Å². The number of ether oxygens (including phenoxy) is 1. The maximum Gasteiger partial charge on any atom is 0.0712 e. The van der Waals surface area contributed by atoms with Crippen LogP contribution in [-0.4, -0.2) is 38.9 Å². The Morgan fingerprint density at radius 2 is 2.06 bits per heavy atom. The molecular formula is C15H30N2O. The molecule has 0 bridgehead atoms. The third-order valence-corrected chi connectivity index (χ3v) is 4.69. The monoisotopic (exact) mass is 254 g/mol. The van der Waals surface area contributed by atoms with Crippen LogP contribution in [-0.2, 0) is 4.74 Å². The summed E-state index contributed by atoms with van der Waals surface area (Å²) in [6.45, 7) is 9.99. The summed E-state index contributed by atoms with van der Waals surface area (Å²) in [6, 6.07) is 0. The zero-order valence-corrected chi connectivity index (χ0v) is 12.1. The van der Waals surface area contributed by atoms with Crippen LogP contribution < -0.4 is 10.6 Å². The molecule has 1 saturated heterocycles. The molecule has 1 unspecified atom stereocenters. The van der Waals surface area contributed by atoms with Crippen LogP contribution in [0.3, 0.4) is 0 Å². The van der Waals surface area contributed by atoms with E-state index in [-0.39, 0.29) is 0 Å². The Balaban J connectivity index is 1.58. The lowest BCUT2D eigenvalue weighted by Gasteiger charge is -2.32. The number of nitrogens with one attached hydrogen (secondary N) is 2. The first kappa shape index (κ1) is 14.3. The third kappa shape index (κ3) is 4.22. The van der Waals surface area contributed by atoms with Gasteiger partial charge in [0.1, 0.15) is 0 Å². The SMILES string of the molecule is CC(C)(CNCCC1CNCCO1)C1CCCC1. The van der Waals surface area contributed by atoms with Crippen molar-refractivity contribution in [3.05, 3.63) is 0 Å². The van der Waals surface area contributed by atoms with Crippen LogP contribution in [0.5, 0.6) is 0 Å². The van der Waals surface area contributed by atoms with E-state index in [1.807, 2.05) is 0 Å². The van der Waals surface area contributed by atoms with Gasteiger partial charge < -0.3 is 15.4 Å². The maximum atomic E-state index is 5.71. The topological polar surface area (TPSA) is 33.3 Å². The minimum Gasteiger partial charge on any atom is -0.376 e. The summed E-state index contributed by atoms with van der Waals surface area (Å²) in [5, 5.41) is 7.03. The molecular weight excluding hydrogens is 224 g/mol. The number of morpholine rings is 1. The molecule has 3 heteroatoms. The largest absolute Gasteiger partial charge is 0.376 e. The Morgan fingerprint density at radius 3 is 2.72 bits per heavy atom. The minimum atomic E-state index is 0.417. The van der Waals surface area contributed by atoms with Crippen LogP contribution in [0, 0.1) is 11.3 Å². The number of hydrogen-bond acceptors (Lipinski definition) is 3. The quantitative estimate of drug-likeness (QED) is 0.713. The molecule has 3 nitrogen and oxygen atoms in total. The van der Waals surface area contributed by atoms with Gasteiger partial charge in [0.15, 0.2) is 0 Å². The summed E-state index contributed by atoms with van der Waals surface area (Å²) >= 11 is 0. The van der Waals surface area contributed by atoms with E-state index in [4.69, 9.17) is 4.74 Å². The van der Waals surface area contributed by atoms with Gasteiger partial charge in [0, 0.05) is 19.6 Å². The summed E-state index contributed by atoms with van der Waals surface area (Å²) in [7, 11) is 0. The average Bonchev–Trinajstić information content (AvgIpc) is 2.91. The van der Waals surface area contributed by atoms with E-state index in [0.717, 1.165) is 45.1 Å². The highest BCUT2D eigenvalue weighted by Gasteiger charge is 2.31. The van der Waals surface area contributed by atoms with Gasteiger partial charge in [-0.1, -0.05) is 26.7 Å². The molecule has 2 fully saturated rings. The molecule has 1 aliphatic carbocycles. The van der Waals surface area contributed by atoms with Crippen molar-refractivity contribution in [3.8, 4) is 0 Å². The van der Waals surface area contributed by atoms with Gasteiger partial charge in [-0.25, -0.2) is 0 Å². The molecule has 1 aliphatic heterocycles. The standard InChI is InChI=1S/C15H30N2O/c1-15(2,13-5-3-4-6-13)12-17-8-7-14-11-16-9-10-18-14/h13-14,16-17H,3-12H2,1-2H3. The van der Waals surface area contributed by atoms with Gasteiger partial charge in [0.05, 0.1) is 12.7 Å². The first-order valence-electron chi connectivity index (χ1n) is 7.71. The van der Waals surface area contributed by atoms with Gasteiger partial charge in [0.2, 0.25) is 0 Å². The van der Waals surface area contributed by atoms with Crippen LogP contribution in [0.1, 0.15) is 46.0 Å². The van der Waals surface area contributed by atoms with E-state index in [1.54, 1.807) is 0 Å². The summed E-state index contributed by atoms with van der Waals surface area (Å²) in [5.74, 6) is 0.928. The zero-order chi connectivity index (χ0) is 12.8. The molecule has 0 aromatic carbocycles. The second kappa shape index (κ2) is 6.88. The number of rotatable bonds is 6. The Labute approximate surface area is 112 Å². The molecule has 0 spiro atoms. The molecule has 0 aromatic heterocycles. The fourth-order valence-corrected chi connectivity index (χ4v) is 3.33. The molecule has 0 radical (unpaired) electrons. The maximum absolute atomic E-state index is 5.71. The van der Waals surface area contributed by atoms with Gasteiger partial charge in [-0.3, -0.25) is 0 Å². The van der Waals surface area contributed by atoms with E-state index in [2.05, 4.69) is 24.5 Å². The van der Waals surface area contributed by atoms with Crippen molar-refractivity contribution in [3.63, 3.8) is 0 Å². The molecule has 1 saturated carbocycles. The summed E-state index contributed by atoms with van der Waals surface area (Å²) in [4.78, 5) is 0. The highest BCUT2D eigenvalue weighted by Crippen LogP contribution is 2.38. The zero-order valence-electron chi connectivity index (χ0n) is 12.1.